The van der Waals surface area contributed by atoms with E-state index in [2.05, 4.69) is 17.1 Å². The van der Waals surface area contributed by atoms with Crippen LogP contribution in [0.3, 0.4) is 0 Å². The number of rotatable bonds is 7. The van der Waals surface area contributed by atoms with Gasteiger partial charge in [-0.25, -0.2) is 0 Å². The first-order valence-electron chi connectivity index (χ1n) is 7.95. The maximum atomic E-state index is 12.2. The lowest BCUT2D eigenvalue weighted by atomic mass is 10.1. The Bertz CT molecular complexity index is 545. The summed E-state index contributed by atoms with van der Waals surface area (Å²) < 4.78 is 5.12. The Balaban J connectivity index is 1.89. The van der Waals surface area contributed by atoms with E-state index in [9.17, 15) is 9.59 Å². The predicted octanol–water partition coefficient (Wildman–Crippen LogP) is 1.12. The van der Waals surface area contributed by atoms with Crippen LogP contribution in [0, 0.1) is 5.92 Å². The summed E-state index contributed by atoms with van der Waals surface area (Å²) in [5.74, 6) is 0.408. The third-order valence-electron chi connectivity index (χ3n) is 4.21. The first-order valence-corrected chi connectivity index (χ1v) is 7.95. The van der Waals surface area contributed by atoms with Crippen molar-refractivity contribution in [2.45, 2.75) is 13.3 Å². The zero-order valence-corrected chi connectivity index (χ0v) is 14.0. The fraction of sp³-hybridized carbons (Fsp3) is 0.529. The van der Waals surface area contributed by atoms with Gasteiger partial charge in [0.1, 0.15) is 5.75 Å². The molecule has 1 heterocycles. The van der Waals surface area contributed by atoms with Crippen molar-refractivity contribution < 1.29 is 14.3 Å². The number of methoxy groups -OCH3 is 1. The first-order chi connectivity index (χ1) is 11.0. The molecule has 0 aromatic heterocycles. The van der Waals surface area contributed by atoms with Crippen molar-refractivity contribution in [2.75, 3.05) is 45.2 Å². The third-order valence-corrected chi connectivity index (χ3v) is 4.21. The van der Waals surface area contributed by atoms with Crippen molar-refractivity contribution in [3.05, 3.63) is 24.3 Å². The average Bonchev–Trinajstić information content (AvgIpc) is 2.96. The second kappa shape index (κ2) is 7.97. The Morgan fingerprint density at radius 1 is 1.39 bits per heavy atom. The molecule has 0 aliphatic carbocycles. The molecule has 6 nitrogen and oxygen atoms in total. The maximum absolute atomic E-state index is 12.2. The van der Waals surface area contributed by atoms with Crippen molar-refractivity contribution in [1.82, 2.24) is 10.2 Å². The summed E-state index contributed by atoms with van der Waals surface area (Å²) in [5.41, 5.74) is 0.803. The highest BCUT2D eigenvalue weighted by Crippen LogP contribution is 2.26. The van der Waals surface area contributed by atoms with Gasteiger partial charge in [-0.1, -0.05) is 6.92 Å². The van der Waals surface area contributed by atoms with E-state index in [1.807, 2.05) is 31.3 Å². The molecule has 1 aliphatic rings. The molecule has 1 N–H and O–H groups in total. The molecule has 0 saturated carbocycles. The van der Waals surface area contributed by atoms with Gasteiger partial charge in [-0.3, -0.25) is 9.59 Å². The Morgan fingerprint density at radius 3 is 2.70 bits per heavy atom. The first kappa shape index (κ1) is 17.3. The molecule has 1 atom stereocenters. The minimum absolute atomic E-state index is 0.0130. The number of carbonyl (C=O) groups excluding carboxylic acids is 2. The van der Waals surface area contributed by atoms with Gasteiger partial charge in [-0.15, -0.1) is 0 Å². The molecular formula is C17H25N3O3. The zero-order valence-electron chi connectivity index (χ0n) is 14.0. The van der Waals surface area contributed by atoms with Gasteiger partial charge in [-0.2, -0.15) is 0 Å². The van der Waals surface area contributed by atoms with Crippen molar-refractivity contribution >= 4 is 17.5 Å². The largest absolute Gasteiger partial charge is 0.497 e. The third kappa shape index (κ3) is 4.45. The highest BCUT2D eigenvalue weighted by atomic mass is 16.5. The minimum atomic E-state index is -0.281. The minimum Gasteiger partial charge on any atom is -0.497 e. The fourth-order valence-electron chi connectivity index (χ4n) is 2.57. The molecule has 0 spiro atoms. The standard InChI is InChI=1S/C17H25N3O3/c1-4-19(2)10-9-18-17(22)13-11-16(21)20(12-13)14-5-7-15(23-3)8-6-14/h5-8,13H,4,9-12H2,1-3H3,(H,18,22). The zero-order chi connectivity index (χ0) is 16.8. The van der Waals surface area contributed by atoms with Crippen LogP contribution >= 0.6 is 0 Å². The molecule has 1 aromatic carbocycles. The van der Waals surface area contributed by atoms with E-state index in [0.29, 0.717) is 13.1 Å². The second-order valence-electron chi connectivity index (χ2n) is 5.79. The summed E-state index contributed by atoms with van der Waals surface area (Å²) in [6, 6.07) is 7.31. The molecule has 1 fully saturated rings. The Kier molecular flexibility index (Phi) is 5.98. The van der Waals surface area contributed by atoms with E-state index in [4.69, 9.17) is 4.74 Å². The normalized spacial score (nSPS) is 17.7. The van der Waals surface area contributed by atoms with Gasteiger partial charge in [0, 0.05) is 31.7 Å². The number of benzene rings is 1. The van der Waals surface area contributed by atoms with Crippen LogP contribution in [0.15, 0.2) is 24.3 Å². The van der Waals surface area contributed by atoms with Gasteiger partial charge in [0.2, 0.25) is 11.8 Å². The van der Waals surface area contributed by atoms with Crippen LogP contribution in [0.1, 0.15) is 13.3 Å². The van der Waals surface area contributed by atoms with Crippen LogP contribution in [0.2, 0.25) is 0 Å². The summed E-state index contributed by atoms with van der Waals surface area (Å²) in [4.78, 5) is 28.2. The van der Waals surface area contributed by atoms with Crippen LogP contribution in [0.4, 0.5) is 5.69 Å². The average molecular weight is 319 g/mol. The molecule has 1 saturated heterocycles. The summed E-state index contributed by atoms with van der Waals surface area (Å²) in [6.07, 6.45) is 0.265. The number of nitrogens with zero attached hydrogens (tertiary/aromatic N) is 2. The lowest BCUT2D eigenvalue weighted by molar-refractivity contribution is -0.126. The molecule has 2 amide bonds. The Morgan fingerprint density at radius 2 is 2.09 bits per heavy atom. The Hall–Kier alpha value is -2.08. The fourth-order valence-corrected chi connectivity index (χ4v) is 2.57. The van der Waals surface area contributed by atoms with Crippen molar-refractivity contribution in [2.24, 2.45) is 5.92 Å². The van der Waals surface area contributed by atoms with Crippen LogP contribution < -0.4 is 15.0 Å². The van der Waals surface area contributed by atoms with E-state index >= 15 is 0 Å². The monoisotopic (exact) mass is 319 g/mol. The van der Waals surface area contributed by atoms with Gasteiger partial charge >= 0.3 is 0 Å². The van der Waals surface area contributed by atoms with Gasteiger partial charge in [0.05, 0.1) is 13.0 Å². The second-order valence-corrected chi connectivity index (χ2v) is 5.79. The summed E-state index contributed by atoms with van der Waals surface area (Å²) in [5, 5.41) is 2.92. The van der Waals surface area contributed by atoms with E-state index in [-0.39, 0.29) is 24.2 Å². The molecule has 1 aromatic rings. The van der Waals surface area contributed by atoms with Crippen LogP contribution in [0.5, 0.6) is 5.75 Å². The summed E-state index contributed by atoms with van der Waals surface area (Å²) in [6.45, 7) is 4.87. The van der Waals surface area contributed by atoms with E-state index in [1.54, 1.807) is 12.0 Å². The number of nitrogens with one attached hydrogen (secondary N) is 1. The lowest BCUT2D eigenvalue weighted by Crippen LogP contribution is -2.37. The highest BCUT2D eigenvalue weighted by molar-refractivity contribution is 6.00. The summed E-state index contributed by atoms with van der Waals surface area (Å²) >= 11 is 0. The maximum Gasteiger partial charge on any atom is 0.227 e. The molecule has 2 rings (SSSR count). The van der Waals surface area contributed by atoms with Gasteiger partial charge in [0.25, 0.3) is 0 Å². The van der Waals surface area contributed by atoms with Crippen LogP contribution in [-0.2, 0) is 9.59 Å². The number of carbonyl (C=O) groups is 2. The molecule has 126 valence electrons. The molecule has 0 radical (unpaired) electrons. The van der Waals surface area contributed by atoms with Crippen LogP contribution in [-0.4, -0.2) is 57.1 Å². The topological polar surface area (TPSA) is 61.9 Å². The number of likely N-dealkylation sites (N-methyl/N-ethyl adjacent to an activating group) is 1. The molecule has 1 aliphatic heterocycles. The molecule has 1 unspecified atom stereocenters. The quantitative estimate of drug-likeness (QED) is 0.818. The van der Waals surface area contributed by atoms with Gasteiger partial charge in [0.15, 0.2) is 0 Å². The van der Waals surface area contributed by atoms with Crippen LogP contribution in [0.25, 0.3) is 0 Å². The van der Waals surface area contributed by atoms with Gasteiger partial charge < -0.3 is 19.9 Å². The predicted molar refractivity (Wildman–Crippen MR) is 89.6 cm³/mol. The molecule has 0 bridgehead atoms. The van der Waals surface area contributed by atoms with E-state index in [0.717, 1.165) is 24.5 Å². The lowest BCUT2D eigenvalue weighted by Gasteiger charge is -2.18. The number of ether oxygens (including phenoxy) is 1. The number of hydrogen-bond donors (Lipinski definition) is 1. The molecule has 6 heteroatoms. The molecular weight excluding hydrogens is 294 g/mol. The van der Waals surface area contributed by atoms with Crippen molar-refractivity contribution in [3.63, 3.8) is 0 Å². The Labute approximate surface area is 137 Å². The van der Waals surface area contributed by atoms with Crippen molar-refractivity contribution in [1.29, 1.82) is 0 Å². The smallest absolute Gasteiger partial charge is 0.227 e. The highest BCUT2D eigenvalue weighted by Gasteiger charge is 2.34. The van der Waals surface area contributed by atoms with E-state index < -0.39 is 0 Å². The summed E-state index contributed by atoms with van der Waals surface area (Å²) in [7, 11) is 3.61. The van der Waals surface area contributed by atoms with Gasteiger partial charge in [-0.05, 0) is 37.9 Å². The number of anilines is 1. The van der Waals surface area contributed by atoms with E-state index in [1.165, 1.54) is 0 Å². The number of hydrogen-bond acceptors (Lipinski definition) is 4. The molecule has 23 heavy (non-hydrogen) atoms. The van der Waals surface area contributed by atoms with Crippen molar-refractivity contribution in [3.8, 4) is 5.75 Å². The SMILES string of the molecule is CCN(C)CCNC(=O)C1CC(=O)N(c2ccc(OC)cc2)C1. The number of amides is 2.